The third kappa shape index (κ3) is 4.67. The van der Waals surface area contributed by atoms with E-state index in [1.807, 2.05) is 6.92 Å². The Kier molecular flexibility index (Phi) is 6.44. The Morgan fingerprint density at radius 1 is 1.14 bits per heavy atom. The molecule has 2 aromatic carbocycles. The standard InChI is InChI=1S/C24H24N4O6S/c1-4-18-22(23-25-20(29)11-12-21(30)28(23)26-18)16-6-5-14(2)19(13-16)35(32,33)27-17-9-7-15(8-10-17)24(31)34-3/h5-10,13,27H,4,11-12H2,1-3H3,(H,25,29). The Morgan fingerprint density at radius 2 is 1.86 bits per heavy atom. The number of nitrogens with one attached hydrogen (secondary N) is 2. The summed E-state index contributed by atoms with van der Waals surface area (Å²) in [7, 11) is -2.75. The van der Waals surface area contributed by atoms with Gasteiger partial charge in [-0.15, -0.1) is 0 Å². The summed E-state index contributed by atoms with van der Waals surface area (Å²) in [6.45, 7) is 3.53. The molecular formula is C24H24N4O6S. The maximum absolute atomic E-state index is 13.3. The molecule has 0 radical (unpaired) electrons. The summed E-state index contributed by atoms with van der Waals surface area (Å²) in [4.78, 5) is 36.4. The number of carbonyl (C=O) groups is 3. The van der Waals surface area contributed by atoms with E-state index in [0.717, 1.165) is 0 Å². The van der Waals surface area contributed by atoms with Crippen molar-refractivity contribution in [1.29, 1.82) is 0 Å². The topological polar surface area (TPSA) is 136 Å². The van der Waals surface area contributed by atoms with Gasteiger partial charge in [0.25, 0.3) is 10.0 Å². The van der Waals surface area contributed by atoms with E-state index in [1.165, 1.54) is 42.1 Å². The maximum atomic E-state index is 13.3. The van der Waals surface area contributed by atoms with Crippen LogP contribution in [0, 0.1) is 6.92 Å². The summed E-state index contributed by atoms with van der Waals surface area (Å²) < 4.78 is 34.9. The number of anilines is 2. The first kappa shape index (κ1) is 24.1. The number of esters is 1. The molecule has 182 valence electrons. The van der Waals surface area contributed by atoms with Crippen LogP contribution in [0.1, 0.15) is 46.2 Å². The van der Waals surface area contributed by atoms with Crippen LogP contribution >= 0.6 is 0 Å². The van der Waals surface area contributed by atoms with E-state index in [1.54, 1.807) is 19.1 Å². The number of methoxy groups -OCH3 is 1. The molecule has 11 heteroatoms. The number of rotatable bonds is 6. The number of hydrogen-bond donors (Lipinski definition) is 2. The van der Waals surface area contributed by atoms with Gasteiger partial charge in [-0.3, -0.25) is 14.3 Å². The lowest BCUT2D eigenvalue weighted by Crippen LogP contribution is -2.15. The molecule has 1 amide bonds. The van der Waals surface area contributed by atoms with E-state index in [0.29, 0.717) is 34.4 Å². The number of ether oxygens (including phenoxy) is 1. The molecule has 2 heterocycles. The molecule has 4 rings (SSSR count). The molecule has 10 nitrogen and oxygen atoms in total. The number of carbonyl (C=O) groups excluding carboxylic acids is 3. The lowest BCUT2D eigenvalue weighted by molar-refractivity contribution is -0.116. The molecule has 0 spiro atoms. The molecule has 0 atom stereocenters. The number of nitrogens with zero attached hydrogens (tertiary/aromatic N) is 2. The molecule has 1 aliphatic heterocycles. The molecule has 35 heavy (non-hydrogen) atoms. The highest BCUT2D eigenvalue weighted by atomic mass is 32.2. The first-order chi connectivity index (χ1) is 16.6. The average molecular weight is 497 g/mol. The molecule has 1 aromatic heterocycles. The second kappa shape index (κ2) is 9.34. The van der Waals surface area contributed by atoms with Crippen molar-refractivity contribution in [3.8, 4) is 11.1 Å². The summed E-state index contributed by atoms with van der Waals surface area (Å²) in [5.74, 6) is -0.900. The van der Waals surface area contributed by atoms with Crippen LogP contribution in [0.3, 0.4) is 0 Å². The Bertz CT molecular complexity index is 1440. The second-order valence-electron chi connectivity index (χ2n) is 8.03. The quantitative estimate of drug-likeness (QED) is 0.499. The van der Waals surface area contributed by atoms with E-state index in [-0.39, 0.29) is 41.1 Å². The van der Waals surface area contributed by atoms with Gasteiger partial charge in [0.1, 0.15) is 5.82 Å². The fourth-order valence-corrected chi connectivity index (χ4v) is 5.21. The van der Waals surface area contributed by atoms with Gasteiger partial charge < -0.3 is 10.1 Å². The Morgan fingerprint density at radius 3 is 2.51 bits per heavy atom. The van der Waals surface area contributed by atoms with Crippen LogP contribution in [-0.4, -0.2) is 43.1 Å². The largest absolute Gasteiger partial charge is 0.465 e. The van der Waals surface area contributed by atoms with Gasteiger partial charge in [0.05, 0.1) is 23.3 Å². The van der Waals surface area contributed by atoms with Crippen molar-refractivity contribution in [3.63, 3.8) is 0 Å². The molecule has 0 saturated carbocycles. The van der Waals surface area contributed by atoms with Crippen LogP contribution in [0.15, 0.2) is 47.4 Å². The minimum atomic E-state index is -4.01. The molecule has 0 unspecified atom stereocenters. The Hall–Kier alpha value is -3.99. The van der Waals surface area contributed by atoms with Gasteiger partial charge in [0.15, 0.2) is 0 Å². The molecule has 1 aliphatic rings. The van der Waals surface area contributed by atoms with Gasteiger partial charge in [0, 0.05) is 24.1 Å². The molecule has 0 aliphatic carbocycles. The third-order valence-corrected chi connectivity index (χ3v) is 7.20. The minimum Gasteiger partial charge on any atom is -0.465 e. The van der Waals surface area contributed by atoms with Crippen molar-refractivity contribution < 1.29 is 27.5 Å². The number of hydrogen-bond acceptors (Lipinski definition) is 7. The zero-order valence-electron chi connectivity index (χ0n) is 19.4. The normalized spacial score (nSPS) is 13.6. The van der Waals surface area contributed by atoms with Crippen LogP contribution in [0.5, 0.6) is 0 Å². The van der Waals surface area contributed by atoms with Gasteiger partial charge >= 0.3 is 5.97 Å². The lowest BCUT2D eigenvalue weighted by atomic mass is 10.0. The van der Waals surface area contributed by atoms with Crippen LogP contribution in [-0.2, 0) is 26.0 Å². The first-order valence-corrected chi connectivity index (χ1v) is 12.4. The van der Waals surface area contributed by atoms with Crippen molar-refractivity contribution >= 4 is 39.3 Å². The van der Waals surface area contributed by atoms with Crippen molar-refractivity contribution in [2.45, 2.75) is 38.0 Å². The van der Waals surface area contributed by atoms with Crippen LogP contribution in [0.25, 0.3) is 11.1 Å². The lowest BCUT2D eigenvalue weighted by Gasteiger charge is -2.13. The number of fused-ring (bicyclic) bond motifs is 1. The summed E-state index contributed by atoms with van der Waals surface area (Å²) in [6, 6.07) is 10.8. The van der Waals surface area contributed by atoms with E-state index >= 15 is 0 Å². The number of aromatic nitrogens is 2. The van der Waals surface area contributed by atoms with Gasteiger partial charge in [-0.25, -0.2) is 13.2 Å². The van der Waals surface area contributed by atoms with E-state index in [2.05, 4.69) is 19.9 Å². The van der Waals surface area contributed by atoms with Gasteiger partial charge in [-0.05, 0) is 54.8 Å². The van der Waals surface area contributed by atoms with Crippen molar-refractivity contribution in [1.82, 2.24) is 9.78 Å². The van der Waals surface area contributed by atoms with Gasteiger partial charge in [0.2, 0.25) is 11.8 Å². The van der Waals surface area contributed by atoms with E-state index < -0.39 is 16.0 Å². The van der Waals surface area contributed by atoms with Crippen molar-refractivity contribution in [3.05, 3.63) is 59.3 Å². The number of sulfonamides is 1. The fraction of sp³-hybridized carbons (Fsp3) is 0.250. The maximum Gasteiger partial charge on any atom is 0.337 e. The smallest absolute Gasteiger partial charge is 0.337 e. The van der Waals surface area contributed by atoms with Gasteiger partial charge in [-0.1, -0.05) is 19.1 Å². The number of amides is 1. The predicted molar refractivity (Wildman–Crippen MR) is 129 cm³/mol. The first-order valence-electron chi connectivity index (χ1n) is 10.9. The third-order valence-electron chi connectivity index (χ3n) is 5.68. The highest BCUT2D eigenvalue weighted by Gasteiger charge is 2.28. The second-order valence-corrected chi connectivity index (χ2v) is 9.68. The summed E-state index contributed by atoms with van der Waals surface area (Å²) in [5.41, 5.74) is 2.64. The predicted octanol–water partition coefficient (Wildman–Crippen LogP) is 3.38. The van der Waals surface area contributed by atoms with E-state index in [4.69, 9.17) is 0 Å². The van der Waals surface area contributed by atoms with Gasteiger partial charge in [-0.2, -0.15) is 9.78 Å². The Balaban J connectivity index is 1.75. The number of aryl methyl sites for hydroxylation is 2. The minimum absolute atomic E-state index is 0.0281. The number of benzene rings is 2. The fourth-order valence-electron chi connectivity index (χ4n) is 3.88. The summed E-state index contributed by atoms with van der Waals surface area (Å²) in [6.07, 6.45) is 0.559. The van der Waals surface area contributed by atoms with Crippen molar-refractivity contribution in [2.24, 2.45) is 0 Å². The highest BCUT2D eigenvalue weighted by molar-refractivity contribution is 7.92. The highest BCUT2D eigenvalue weighted by Crippen LogP contribution is 2.36. The van der Waals surface area contributed by atoms with Crippen LogP contribution in [0.2, 0.25) is 0 Å². The molecule has 2 N–H and O–H groups in total. The summed E-state index contributed by atoms with van der Waals surface area (Å²) in [5, 5.41) is 7.13. The van der Waals surface area contributed by atoms with Crippen LogP contribution < -0.4 is 10.0 Å². The molecule has 3 aromatic rings. The van der Waals surface area contributed by atoms with E-state index in [9.17, 15) is 22.8 Å². The van der Waals surface area contributed by atoms with Crippen molar-refractivity contribution in [2.75, 3.05) is 17.1 Å². The zero-order valence-corrected chi connectivity index (χ0v) is 20.2. The van der Waals surface area contributed by atoms with Crippen LogP contribution in [0.4, 0.5) is 11.5 Å². The zero-order chi connectivity index (χ0) is 25.3. The average Bonchev–Trinajstić information content (AvgIpc) is 3.13. The molecule has 0 bridgehead atoms. The molecule has 0 saturated heterocycles. The molecular weight excluding hydrogens is 472 g/mol. The molecule has 0 fully saturated rings. The Labute approximate surface area is 202 Å². The summed E-state index contributed by atoms with van der Waals surface area (Å²) >= 11 is 0. The SMILES string of the molecule is CCc1nn2c(c1-c1ccc(C)c(S(=O)(=O)Nc3ccc(C(=O)OC)cc3)c1)NC(=O)CCC2=O. The monoisotopic (exact) mass is 496 g/mol.